The van der Waals surface area contributed by atoms with Gasteiger partial charge in [-0.05, 0) is 35.9 Å². The van der Waals surface area contributed by atoms with Gasteiger partial charge >= 0.3 is 0 Å². The molecule has 2 unspecified atom stereocenters. The molecule has 1 aromatic heterocycles. The van der Waals surface area contributed by atoms with E-state index in [4.69, 9.17) is 17.3 Å². The van der Waals surface area contributed by atoms with E-state index in [1.807, 2.05) is 17.5 Å². The fraction of sp³-hybridized carbons (Fsp3) is 0.273. The molecule has 1 heterocycles. The normalized spacial score (nSPS) is 17.6. The molecule has 0 saturated carbocycles. The van der Waals surface area contributed by atoms with Crippen LogP contribution in [0.1, 0.15) is 12.5 Å². The van der Waals surface area contributed by atoms with E-state index in [0.29, 0.717) is 5.56 Å². The second-order valence-corrected chi connectivity index (χ2v) is 5.08. The van der Waals surface area contributed by atoms with Crippen molar-refractivity contribution in [1.29, 1.82) is 0 Å². The van der Waals surface area contributed by atoms with Crippen molar-refractivity contribution in [3.8, 4) is 0 Å². The van der Waals surface area contributed by atoms with Crippen molar-refractivity contribution in [2.75, 3.05) is 0 Å². The number of thiophene rings is 1. The van der Waals surface area contributed by atoms with Gasteiger partial charge in [0, 0.05) is 10.3 Å². The maximum absolute atomic E-state index is 14.0. The molecule has 1 nitrogen and oxygen atoms in total. The van der Waals surface area contributed by atoms with Gasteiger partial charge in [-0.1, -0.05) is 17.7 Å². The van der Waals surface area contributed by atoms with Gasteiger partial charge < -0.3 is 5.73 Å². The summed E-state index contributed by atoms with van der Waals surface area (Å²) in [6.45, 7) is 1.56. The van der Waals surface area contributed by atoms with Gasteiger partial charge in [0.2, 0.25) is 5.13 Å². The molecule has 0 fully saturated rings. The molecule has 0 aliphatic carbocycles. The zero-order valence-corrected chi connectivity index (χ0v) is 9.78. The molecule has 0 saturated heterocycles. The van der Waals surface area contributed by atoms with Gasteiger partial charge in [0.25, 0.3) is 0 Å². The summed E-state index contributed by atoms with van der Waals surface area (Å²) in [5.41, 5.74) is 5.94. The summed E-state index contributed by atoms with van der Waals surface area (Å²) in [4.78, 5) is 0. The maximum atomic E-state index is 14.0. The molecule has 2 aromatic rings. The molecular weight excluding hydrogens is 233 g/mol. The predicted octanol–water partition coefficient (Wildman–Crippen LogP) is 3.61. The number of nitrogens with two attached hydrogens (primary N) is 1. The maximum Gasteiger partial charge on any atom is 0.223 e. The Morgan fingerprint density at radius 3 is 2.87 bits per heavy atom. The lowest BCUT2D eigenvalue weighted by molar-refractivity contribution is 0.243. The lowest BCUT2D eigenvalue weighted by Crippen LogP contribution is -2.34. The first kappa shape index (κ1) is 10.9. The molecule has 0 spiro atoms. The Kier molecular flexibility index (Phi) is 2.71. The van der Waals surface area contributed by atoms with Crippen molar-refractivity contribution in [3.63, 3.8) is 0 Å². The highest BCUT2D eigenvalue weighted by Crippen LogP contribution is 2.35. The van der Waals surface area contributed by atoms with E-state index < -0.39 is 11.2 Å². The topological polar surface area (TPSA) is 26.0 Å². The SMILES string of the molecule is CC(N)C(F)(Cl)c1ccc2sccc2c1. The van der Waals surface area contributed by atoms with Crippen LogP contribution in [0.2, 0.25) is 0 Å². The van der Waals surface area contributed by atoms with Crippen molar-refractivity contribution >= 4 is 33.0 Å². The van der Waals surface area contributed by atoms with E-state index in [0.717, 1.165) is 10.1 Å². The molecule has 0 aliphatic heterocycles. The minimum absolute atomic E-state index is 0.421. The minimum atomic E-state index is -1.99. The van der Waals surface area contributed by atoms with Crippen molar-refractivity contribution < 1.29 is 4.39 Å². The number of rotatable bonds is 2. The van der Waals surface area contributed by atoms with E-state index in [2.05, 4.69) is 0 Å². The van der Waals surface area contributed by atoms with Gasteiger partial charge in [0.15, 0.2) is 0 Å². The number of halogens is 2. The third-order valence-electron chi connectivity index (χ3n) is 2.41. The first-order chi connectivity index (χ1) is 7.01. The number of alkyl halides is 2. The zero-order chi connectivity index (χ0) is 11.1. The molecule has 0 amide bonds. The lowest BCUT2D eigenvalue weighted by atomic mass is 10.0. The van der Waals surface area contributed by atoms with Crippen LogP contribution in [0.5, 0.6) is 0 Å². The number of hydrogen-bond acceptors (Lipinski definition) is 2. The minimum Gasteiger partial charge on any atom is -0.324 e. The van der Waals surface area contributed by atoms with Crippen LogP contribution >= 0.6 is 22.9 Å². The third kappa shape index (κ3) is 1.87. The van der Waals surface area contributed by atoms with Crippen molar-refractivity contribution in [3.05, 3.63) is 35.2 Å². The lowest BCUT2D eigenvalue weighted by Gasteiger charge is -2.22. The van der Waals surface area contributed by atoms with Crippen molar-refractivity contribution in [2.24, 2.45) is 5.73 Å². The Hall–Kier alpha value is -0.640. The van der Waals surface area contributed by atoms with Crippen LogP contribution in [0.4, 0.5) is 4.39 Å². The summed E-state index contributed by atoms with van der Waals surface area (Å²) in [5, 5.41) is 0.978. The Morgan fingerprint density at radius 1 is 1.47 bits per heavy atom. The van der Waals surface area contributed by atoms with Gasteiger partial charge in [0.05, 0.1) is 6.04 Å². The van der Waals surface area contributed by atoms with Crippen LogP contribution in [0.15, 0.2) is 29.6 Å². The molecule has 1 aromatic carbocycles. The summed E-state index contributed by atoms with van der Waals surface area (Å²) in [6.07, 6.45) is 0. The smallest absolute Gasteiger partial charge is 0.223 e. The first-order valence-corrected chi connectivity index (χ1v) is 5.88. The van der Waals surface area contributed by atoms with Crippen LogP contribution in [-0.2, 0) is 5.13 Å². The molecule has 2 N–H and O–H groups in total. The molecule has 15 heavy (non-hydrogen) atoms. The Bertz CT molecular complexity index is 478. The quantitative estimate of drug-likeness (QED) is 0.802. The zero-order valence-electron chi connectivity index (χ0n) is 8.21. The summed E-state index contributed by atoms with van der Waals surface area (Å²) in [6, 6.07) is 6.51. The van der Waals surface area contributed by atoms with Crippen molar-refractivity contribution in [2.45, 2.75) is 18.1 Å². The largest absolute Gasteiger partial charge is 0.324 e. The molecule has 4 heteroatoms. The van der Waals surface area contributed by atoms with E-state index >= 15 is 0 Å². The summed E-state index contributed by atoms with van der Waals surface area (Å²) >= 11 is 7.39. The highest BCUT2D eigenvalue weighted by Gasteiger charge is 2.33. The van der Waals surface area contributed by atoms with Gasteiger partial charge in [0.1, 0.15) is 0 Å². The van der Waals surface area contributed by atoms with E-state index in [1.54, 1.807) is 30.4 Å². The van der Waals surface area contributed by atoms with Crippen LogP contribution in [0.3, 0.4) is 0 Å². The molecule has 2 rings (SSSR count). The van der Waals surface area contributed by atoms with Gasteiger partial charge in [-0.3, -0.25) is 0 Å². The molecule has 0 radical (unpaired) electrons. The van der Waals surface area contributed by atoms with Crippen LogP contribution in [0, 0.1) is 0 Å². The summed E-state index contributed by atoms with van der Waals surface area (Å²) < 4.78 is 15.1. The number of fused-ring (bicyclic) bond motifs is 1. The average Bonchev–Trinajstić information content (AvgIpc) is 2.63. The number of benzene rings is 1. The molecular formula is C11H11ClFNS. The Balaban J connectivity index is 2.52. The van der Waals surface area contributed by atoms with Gasteiger partial charge in [-0.25, -0.2) is 4.39 Å². The van der Waals surface area contributed by atoms with Crippen LogP contribution < -0.4 is 5.73 Å². The standard InChI is InChI=1S/C11H11ClFNS/c1-7(14)11(12,13)9-2-3-10-8(6-9)4-5-15-10/h2-7H,14H2,1H3. The van der Waals surface area contributed by atoms with Crippen molar-refractivity contribution in [1.82, 2.24) is 0 Å². The molecule has 0 bridgehead atoms. The van der Waals surface area contributed by atoms with E-state index in [-0.39, 0.29) is 0 Å². The third-order valence-corrected chi connectivity index (χ3v) is 3.87. The van der Waals surface area contributed by atoms with E-state index in [9.17, 15) is 4.39 Å². The highest BCUT2D eigenvalue weighted by atomic mass is 35.5. The Morgan fingerprint density at radius 2 is 2.20 bits per heavy atom. The average molecular weight is 244 g/mol. The highest BCUT2D eigenvalue weighted by molar-refractivity contribution is 7.17. The fourth-order valence-electron chi connectivity index (χ4n) is 1.44. The van der Waals surface area contributed by atoms with Gasteiger partial charge in [-0.2, -0.15) is 0 Å². The van der Waals surface area contributed by atoms with E-state index in [1.165, 1.54) is 0 Å². The first-order valence-electron chi connectivity index (χ1n) is 4.63. The molecule has 0 aliphatic rings. The fourth-order valence-corrected chi connectivity index (χ4v) is 2.33. The molecule has 2 atom stereocenters. The Labute approximate surface area is 96.7 Å². The summed E-state index contributed by atoms with van der Waals surface area (Å²) in [7, 11) is 0. The second-order valence-electron chi connectivity index (χ2n) is 3.58. The van der Waals surface area contributed by atoms with Crippen LogP contribution in [-0.4, -0.2) is 6.04 Å². The predicted molar refractivity (Wildman–Crippen MR) is 64.1 cm³/mol. The van der Waals surface area contributed by atoms with Crippen LogP contribution in [0.25, 0.3) is 10.1 Å². The monoisotopic (exact) mass is 243 g/mol. The number of hydrogen-bond donors (Lipinski definition) is 1. The summed E-state index contributed by atoms with van der Waals surface area (Å²) in [5.74, 6) is 0. The van der Waals surface area contributed by atoms with Gasteiger partial charge in [-0.15, -0.1) is 11.3 Å². The molecule has 80 valence electrons. The second kappa shape index (κ2) is 3.74.